The summed E-state index contributed by atoms with van der Waals surface area (Å²) < 4.78 is 26.9. The Morgan fingerprint density at radius 1 is 1.15 bits per heavy atom. The second-order valence-electron chi connectivity index (χ2n) is 9.56. The van der Waals surface area contributed by atoms with Gasteiger partial charge in [-0.15, -0.1) is 0 Å². The van der Waals surface area contributed by atoms with Gasteiger partial charge in [0.1, 0.15) is 0 Å². The van der Waals surface area contributed by atoms with E-state index in [1.54, 1.807) is 0 Å². The summed E-state index contributed by atoms with van der Waals surface area (Å²) in [7, 11) is 0. The average molecular weight is 511 g/mol. The Morgan fingerprint density at radius 3 is 2.56 bits per heavy atom. The van der Waals surface area contributed by atoms with Crippen molar-refractivity contribution in [1.29, 1.82) is 0 Å². The van der Waals surface area contributed by atoms with Crippen LogP contribution in [0.3, 0.4) is 0 Å². The van der Waals surface area contributed by atoms with Crippen LogP contribution < -0.4 is 0 Å². The molecule has 1 aromatic carbocycles. The van der Waals surface area contributed by atoms with E-state index in [4.69, 9.17) is 23.2 Å². The van der Waals surface area contributed by atoms with Crippen molar-refractivity contribution in [3.05, 3.63) is 50.8 Å². The van der Waals surface area contributed by atoms with Crippen LogP contribution >= 0.6 is 23.2 Å². The summed E-state index contributed by atoms with van der Waals surface area (Å²) in [4.78, 5) is 29.4. The maximum atomic E-state index is 13.4. The van der Waals surface area contributed by atoms with E-state index in [0.29, 0.717) is 28.6 Å². The van der Waals surface area contributed by atoms with E-state index in [1.165, 1.54) is 22.6 Å². The van der Waals surface area contributed by atoms with Crippen molar-refractivity contribution in [2.75, 3.05) is 19.6 Å². The molecular weight excluding hydrogens is 485 g/mol. The molecule has 34 heavy (non-hydrogen) atoms. The van der Waals surface area contributed by atoms with Crippen LogP contribution in [0, 0.1) is 5.92 Å². The summed E-state index contributed by atoms with van der Waals surface area (Å²) in [6.45, 7) is 0.695. The van der Waals surface area contributed by atoms with Crippen molar-refractivity contribution in [3.8, 4) is 0 Å². The number of piperidine rings is 1. The van der Waals surface area contributed by atoms with Crippen LogP contribution in [0.15, 0.2) is 18.3 Å². The molecule has 2 atom stereocenters. The van der Waals surface area contributed by atoms with Gasteiger partial charge in [-0.3, -0.25) is 14.7 Å². The predicted molar refractivity (Wildman–Crippen MR) is 124 cm³/mol. The van der Waals surface area contributed by atoms with Crippen molar-refractivity contribution in [1.82, 2.24) is 20.0 Å². The fourth-order valence-corrected chi connectivity index (χ4v) is 6.01. The Kier molecular flexibility index (Phi) is 6.31. The lowest BCUT2D eigenvalue weighted by molar-refractivity contribution is -0.133. The Bertz CT molecular complexity index is 1090. The van der Waals surface area contributed by atoms with Crippen molar-refractivity contribution >= 4 is 35.0 Å². The highest BCUT2D eigenvalue weighted by molar-refractivity contribution is 6.36. The van der Waals surface area contributed by atoms with Gasteiger partial charge in [0, 0.05) is 65.7 Å². The van der Waals surface area contributed by atoms with E-state index >= 15 is 0 Å². The Hall–Kier alpha value is -2.19. The average Bonchev–Trinajstić information content (AvgIpc) is 3.41. The van der Waals surface area contributed by atoms with Crippen LogP contribution in [-0.4, -0.2) is 63.4 Å². The van der Waals surface area contributed by atoms with Crippen LogP contribution in [0.4, 0.5) is 8.78 Å². The predicted octanol–water partition coefficient (Wildman–Crippen LogP) is 4.54. The summed E-state index contributed by atoms with van der Waals surface area (Å²) in [5, 5.41) is 7.79. The largest absolute Gasteiger partial charge is 0.339 e. The highest BCUT2D eigenvalue weighted by atomic mass is 35.5. The first kappa shape index (κ1) is 23.5. The number of likely N-dealkylation sites (tertiary alicyclic amines) is 2. The molecule has 1 N–H and O–H groups in total. The van der Waals surface area contributed by atoms with E-state index in [-0.39, 0.29) is 55.3 Å². The third-order valence-corrected chi connectivity index (χ3v) is 8.08. The topological polar surface area (TPSA) is 69.3 Å². The van der Waals surface area contributed by atoms with Crippen molar-refractivity contribution in [2.45, 2.75) is 56.9 Å². The first-order valence-electron chi connectivity index (χ1n) is 11.7. The van der Waals surface area contributed by atoms with E-state index < -0.39 is 5.92 Å². The standard InChI is InChI=1S/C24H26Cl2F2N4O2/c25-19-11-15(22(33)31-7-4-24(27,28)5-8-31)12-20(26)18(19)10-14-3-6-32(23(14)34)17-1-2-21-16(9-17)13-29-30-21/h11-14,17H,1-10H2,(H,29,30)/t14-,17?/m0/s1. The second-order valence-corrected chi connectivity index (χ2v) is 10.4. The number of aromatic amines is 1. The molecule has 0 radical (unpaired) electrons. The number of fused-ring (bicyclic) bond motifs is 1. The molecule has 2 fully saturated rings. The zero-order valence-corrected chi connectivity index (χ0v) is 20.1. The molecule has 0 spiro atoms. The number of halogens is 4. The number of carbonyl (C=O) groups is 2. The van der Waals surface area contributed by atoms with Gasteiger partial charge in [0.2, 0.25) is 5.91 Å². The number of rotatable bonds is 4. The molecule has 1 unspecified atom stereocenters. The summed E-state index contributed by atoms with van der Waals surface area (Å²) in [6.07, 6.45) is 4.89. The summed E-state index contributed by atoms with van der Waals surface area (Å²) in [6, 6.07) is 3.25. The molecule has 2 aromatic rings. The zero-order valence-electron chi connectivity index (χ0n) is 18.6. The molecule has 1 aliphatic carbocycles. The minimum Gasteiger partial charge on any atom is -0.339 e. The monoisotopic (exact) mass is 510 g/mol. The number of alkyl halides is 2. The minimum absolute atomic E-state index is 0.00326. The Labute approximate surface area is 206 Å². The van der Waals surface area contributed by atoms with Crippen LogP contribution in [0.5, 0.6) is 0 Å². The van der Waals surface area contributed by atoms with Gasteiger partial charge < -0.3 is 9.80 Å². The first-order valence-corrected chi connectivity index (χ1v) is 12.4. The van der Waals surface area contributed by atoms with Crippen molar-refractivity contribution in [3.63, 3.8) is 0 Å². The molecule has 1 aromatic heterocycles. The van der Waals surface area contributed by atoms with E-state index in [0.717, 1.165) is 31.4 Å². The molecule has 10 heteroatoms. The molecule has 2 saturated heterocycles. The normalized spacial score (nSPS) is 24.4. The van der Waals surface area contributed by atoms with Crippen LogP contribution in [0.25, 0.3) is 0 Å². The Morgan fingerprint density at radius 2 is 1.85 bits per heavy atom. The number of aromatic nitrogens is 2. The summed E-state index contributed by atoms with van der Waals surface area (Å²) >= 11 is 13.0. The molecule has 2 amide bonds. The number of amides is 2. The molecule has 182 valence electrons. The number of nitrogens with one attached hydrogen (secondary N) is 1. The number of H-pyrrole nitrogens is 1. The van der Waals surface area contributed by atoms with E-state index in [9.17, 15) is 18.4 Å². The van der Waals surface area contributed by atoms with Gasteiger partial charge in [-0.25, -0.2) is 8.78 Å². The zero-order chi connectivity index (χ0) is 24.0. The molecule has 0 bridgehead atoms. The third-order valence-electron chi connectivity index (χ3n) is 7.40. The maximum absolute atomic E-state index is 13.4. The van der Waals surface area contributed by atoms with Gasteiger partial charge in [-0.2, -0.15) is 5.10 Å². The smallest absolute Gasteiger partial charge is 0.253 e. The van der Waals surface area contributed by atoms with Crippen LogP contribution in [0.1, 0.15) is 52.9 Å². The van der Waals surface area contributed by atoms with Gasteiger partial charge >= 0.3 is 0 Å². The van der Waals surface area contributed by atoms with E-state index in [1.807, 2.05) is 11.1 Å². The quantitative estimate of drug-likeness (QED) is 0.656. The number of aryl methyl sites for hydroxylation is 1. The fourth-order valence-electron chi connectivity index (χ4n) is 5.37. The fraction of sp³-hybridized carbons (Fsp3) is 0.542. The highest BCUT2D eigenvalue weighted by Crippen LogP contribution is 2.35. The lowest BCUT2D eigenvalue weighted by atomic mass is 9.92. The summed E-state index contributed by atoms with van der Waals surface area (Å²) in [5.74, 6) is -3.19. The number of benzene rings is 1. The lowest BCUT2D eigenvalue weighted by Gasteiger charge is -2.32. The van der Waals surface area contributed by atoms with Gasteiger partial charge in [-0.1, -0.05) is 23.2 Å². The molecular formula is C24H26Cl2F2N4O2. The van der Waals surface area contributed by atoms with E-state index in [2.05, 4.69) is 10.2 Å². The maximum Gasteiger partial charge on any atom is 0.253 e. The van der Waals surface area contributed by atoms with Crippen molar-refractivity contribution < 1.29 is 18.4 Å². The molecule has 0 saturated carbocycles. The van der Waals surface area contributed by atoms with Gasteiger partial charge in [0.15, 0.2) is 0 Å². The highest BCUT2D eigenvalue weighted by Gasteiger charge is 2.39. The summed E-state index contributed by atoms with van der Waals surface area (Å²) in [5.41, 5.74) is 3.26. The molecule has 3 aliphatic rings. The lowest BCUT2D eigenvalue weighted by Crippen LogP contribution is -2.42. The van der Waals surface area contributed by atoms with Crippen LogP contribution in [-0.2, 0) is 24.1 Å². The second kappa shape index (κ2) is 9.11. The third kappa shape index (κ3) is 4.54. The number of nitrogens with zero attached hydrogens (tertiary/aromatic N) is 3. The number of hydrogen-bond donors (Lipinski definition) is 1. The van der Waals surface area contributed by atoms with Crippen LogP contribution in [0.2, 0.25) is 10.0 Å². The molecule has 5 rings (SSSR count). The number of carbonyl (C=O) groups excluding carboxylic acids is 2. The number of hydrogen-bond acceptors (Lipinski definition) is 3. The minimum atomic E-state index is -2.73. The SMILES string of the molecule is O=C(c1cc(Cl)c(C[C@@H]2CCN(C3CCc4[nH]ncc4C3)C2=O)c(Cl)c1)N1CCC(F)(F)CC1. The van der Waals surface area contributed by atoms with Gasteiger partial charge in [0.25, 0.3) is 11.8 Å². The van der Waals surface area contributed by atoms with Gasteiger partial charge in [-0.05, 0) is 55.4 Å². The first-order chi connectivity index (χ1) is 16.2. The van der Waals surface area contributed by atoms with Gasteiger partial charge in [0.05, 0.1) is 6.20 Å². The molecule has 2 aliphatic heterocycles. The van der Waals surface area contributed by atoms with Crippen molar-refractivity contribution in [2.24, 2.45) is 5.92 Å². The molecule has 6 nitrogen and oxygen atoms in total. The molecule has 3 heterocycles. The Balaban J connectivity index is 1.25.